The number of hydrogen-bond acceptors (Lipinski definition) is 5. The molecule has 8 heteroatoms. The van der Waals surface area contributed by atoms with E-state index in [4.69, 9.17) is 0 Å². The summed E-state index contributed by atoms with van der Waals surface area (Å²) in [5, 5.41) is 11.6. The van der Waals surface area contributed by atoms with E-state index in [0.717, 1.165) is 5.56 Å². The lowest BCUT2D eigenvalue weighted by atomic mass is 9.88. The van der Waals surface area contributed by atoms with Crippen molar-refractivity contribution in [1.82, 2.24) is 25.1 Å². The Bertz CT molecular complexity index is 1040. The minimum absolute atomic E-state index is 0.0863. The maximum Gasteiger partial charge on any atom is 0.247 e. The summed E-state index contributed by atoms with van der Waals surface area (Å²) < 4.78 is 14.8. The minimum atomic E-state index is -0.623. The van der Waals surface area contributed by atoms with Crippen LogP contribution in [0.15, 0.2) is 54.6 Å². The van der Waals surface area contributed by atoms with Gasteiger partial charge in [0.05, 0.1) is 0 Å². The smallest absolute Gasteiger partial charge is 0.247 e. The zero-order chi connectivity index (χ0) is 21.8. The molecule has 0 radical (unpaired) electrons. The molecule has 31 heavy (non-hydrogen) atoms. The molecule has 1 amide bonds. The van der Waals surface area contributed by atoms with Gasteiger partial charge in [-0.25, -0.2) is 9.07 Å². The summed E-state index contributed by atoms with van der Waals surface area (Å²) in [4.78, 5) is 27.9. The van der Waals surface area contributed by atoms with E-state index in [1.807, 2.05) is 30.3 Å². The monoisotopic (exact) mass is 421 g/mol. The fourth-order valence-corrected chi connectivity index (χ4v) is 4.06. The van der Waals surface area contributed by atoms with Crippen molar-refractivity contribution >= 4 is 11.7 Å². The molecule has 1 saturated heterocycles. The van der Waals surface area contributed by atoms with Gasteiger partial charge in [0, 0.05) is 31.0 Å². The van der Waals surface area contributed by atoms with E-state index in [-0.39, 0.29) is 23.4 Å². The number of halogens is 1. The average molecular weight is 421 g/mol. The van der Waals surface area contributed by atoms with Crippen LogP contribution in [-0.2, 0) is 11.2 Å². The topological polar surface area (TPSA) is 81.0 Å². The lowest BCUT2D eigenvalue weighted by molar-refractivity contribution is -0.136. The number of carbonyl (C=O) groups is 2. The number of benzene rings is 2. The number of hydrogen-bond donors (Lipinski definition) is 0. The van der Waals surface area contributed by atoms with Gasteiger partial charge < -0.3 is 4.90 Å². The zero-order valence-electron chi connectivity index (χ0n) is 17.3. The Kier molecular flexibility index (Phi) is 6.16. The highest BCUT2D eigenvalue weighted by molar-refractivity contribution is 5.98. The normalized spacial score (nSPS) is 15.6. The van der Waals surface area contributed by atoms with Crippen molar-refractivity contribution in [2.24, 2.45) is 5.92 Å². The lowest BCUT2D eigenvalue weighted by Crippen LogP contribution is -2.44. The molecule has 0 N–H and O–H groups in total. The quantitative estimate of drug-likeness (QED) is 0.572. The fraction of sp³-hybridized carbons (Fsp3) is 0.348. The van der Waals surface area contributed by atoms with E-state index in [0.29, 0.717) is 43.7 Å². The van der Waals surface area contributed by atoms with Gasteiger partial charge in [0.15, 0.2) is 5.78 Å². The van der Waals surface area contributed by atoms with Crippen LogP contribution in [0.5, 0.6) is 0 Å². The van der Waals surface area contributed by atoms with Gasteiger partial charge in [-0.1, -0.05) is 42.5 Å². The summed E-state index contributed by atoms with van der Waals surface area (Å²) in [6.45, 7) is 2.75. The molecule has 3 aromatic rings. The van der Waals surface area contributed by atoms with Crippen LogP contribution in [0.1, 0.15) is 40.6 Å². The maximum atomic E-state index is 13.4. The molecule has 1 fully saturated rings. The zero-order valence-corrected chi connectivity index (χ0v) is 17.3. The Morgan fingerprint density at radius 2 is 1.74 bits per heavy atom. The second kappa shape index (κ2) is 9.16. The molecular weight excluding hydrogens is 397 g/mol. The Morgan fingerprint density at radius 1 is 1.06 bits per heavy atom. The number of ketones is 1. The molecule has 4 rings (SSSR count). The summed E-state index contributed by atoms with van der Waals surface area (Å²) >= 11 is 0. The first-order chi connectivity index (χ1) is 15.0. The van der Waals surface area contributed by atoms with Crippen LogP contribution in [0.2, 0.25) is 0 Å². The third-order valence-electron chi connectivity index (χ3n) is 5.82. The molecule has 0 aliphatic carbocycles. The van der Waals surface area contributed by atoms with Gasteiger partial charge in [-0.15, -0.1) is 5.10 Å². The molecule has 1 atom stereocenters. The molecule has 2 aromatic carbocycles. The molecule has 7 nitrogen and oxygen atoms in total. The predicted molar refractivity (Wildman–Crippen MR) is 112 cm³/mol. The number of piperidine rings is 1. The number of rotatable bonds is 6. The predicted octanol–water partition coefficient (Wildman–Crippen LogP) is 3.03. The average Bonchev–Trinajstić information content (AvgIpc) is 3.24. The van der Waals surface area contributed by atoms with Crippen molar-refractivity contribution < 1.29 is 14.0 Å². The summed E-state index contributed by atoms with van der Waals surface area (Å²) in [6.07, 6.45) is 1.60. The van der Waals surface area contributed by atoms with Gasteiger partial charge in [0.2, 0.25) is 5.91 Å². The third kappa shape index (κ3) is 4.68. The molecule has 2 heterocycles. The van der Waals surface area contributed by atoms with E-state index >= 15 is 0 Å². The van der Waals surface area contributed by atoms with Crippen molar-refractivity contribution in [3.8, 4) is 0 Å². The Balaban J connectivity index is 1.47. The number of amides is 1. The van der Waals surface area contributed by atoms with Crippen LogP contribution >= 0.6 is 0 Å². The Labute approximate surface area is 179 Å². The van der Waals surface area contributed by atoms with Gasteiger partial charge in [-0.2, -0.15) is 0 Å². The van der Waals surface area contributed by atoms with E-state index in [2.05, 4.69) is 15.5 Å². The van der Waals surface area contributed by atoms with Crippen molar-refractivity contribution in [3.05, 3.63) is 77.4 Å². The number of aromatic nitrogens is 4. The van der Waals surface area contributed by atoms with Crippen molar-refractivity contribution in [1.29, 1.82) is 0 Å². The van der Waals surface area contributed by atoms with Crippen LogP contribution in [0, 0.1) is 18.7 Å². The Morgan fingerprint density at radius 3 is 2.35 bits per heavy atom. The molecule has 0 saturated carbocycles. The van der Waals surface area contributed by atoms with Gasteiger partial charge in [0.25, 0.3) is 0 Å². The second-order valence-electron chi connectivity index (χ2n) is 7.85. The number of aryl methyl sites for hydroxylation is 1. The lowest BCUT2D eigenvalue weighted by Gasteiger charge is -2.33. The van der Waals surface area contributed by atoms with Gasteiger partial charge in [-0.3, -0.25) is 9.59 Å². The van der Waals surface area contributed by atoms with E-state index in [1.165, 1.54) is 16.8 Å². The molecule has 1 aromatic heterocycles. The van der Waals surface area contributed by atoms with E-state index in [1.54, 1.807) is 24.0 Å². The van der Waals surface area contributed by atoms with Crippen molar-refractivity contribution in [2.75, 3.05) is 13.1 Å². The SMILES string of the molecule is Cc1nnnn1[C@H](Cc1ccc(F)cc1)C(=O)N1CCC(C(=O)c2ccccc2)CC1. The van der Waals surface area contributed by atoms with E-state index in [9.17, 15) is 14.0 Å². The minimum Gasteiger partial charge on any atom is -0.341 e. The molecule has 1 aliphatic rings. The van der Waals surface area contributed by atoms with E-state index < -0.39 is 6.04 Å². The number of tetrazole rings is 1. The number of nitrogens with zero attached hydrogens (tertiary/aromatic N) is 5. The summed E-state index contributed by atoms with van der Waals surface area (Å²) in [5.74, 6) is 0.166. The fourth-order valence-electron chi connectivity index (χ4n) is 4.06. The summed E-state index contributed by atoms with van der Waals surface area (Å²) in [6, 6.07) is 14.7. The molecule has 0 unspecified atom stereocenters. The largest absolute Gasteiger partial charge is 0.341 e. The van der Waals surface area contributed by atoms with Gasteiger partial charge in [-0.05, 0) is 47.9 Å². The maximum absolute atomic E-state index is 13.4. The summed E-state index contributed by atoms with van der Waals surface area (Å²) in [7, 11) is 0. The second-order valence-corrected chi connectivity index (χ2v) is 7.85. The van der Waals surface area contributed by atoms with Gasteiger partial charge in [0.1, 0.15) is 17.7 Å². The van der Waals surface area contributed by atoms with Crippen LogP contribution in [0.4, 0.5) is 4.39 Å². The third-order valence-corrected chi connectivity index (χ3v) is 5.82. The van der Waals surface area contributed by atoms with Crippen LogP contribution in [0.3, 0.4) is 0 Å². The number of Topliss-reactive ketones (excluding diaryl/α,β-unsaturated/α-hetero) is 1. The first-order valence-electron chi connectivity index (χ1n) is 10.4. The van der Waals surface area contributed by atoms with Crippen LogP contribution in [0.25, 0.3) is 0 Å². The highest BCUT2D eigenvalue weighted by Crippen LogP contribution is 2.25. The molecular formula is C23H24FN5O2. The van der Waals surface area contributed by atoms with Crippen LogP contribution in [-0.4, -0.2) is 49.9 Å². The van der Waals surface area contributed by atoms with Crippen LogP contribution < -0.4 is 0 Å². The highest BCUT2D eigenvalue weighted by Gasteiger charge is 2.33. The van der Waals surface area contributed by atoms with Gasteiger partial charge >= 0.3 is 0 Å². The molecule has 1 aliphatic heterocycles. The highest BCUT2D eigenvalue weighted by atomic mass is 19.1. The first kappa shape index (κ1) is 20.8. The number of likely N-dealkylation sites (tertiary alicyclic amines) is 1. The summed E-state index contributed by atoms with van der Waals surface area (Å²) in [5.41, 5.74) is 1.54. The van der Waals surface area contributed by atoms with Crippen molar-refractivity contribution in [3.63, 3.8) is 0 Å². The Hall–Kier alpha value is -3.42. The number of carbonyl (C=O) groups excluding carboxylic acids is 2. The molecule has 160 valence electrons. The molecule has 0 spiro atoms. The first-order valence-corrected chi connectivity index (χ1v) is 10.4. The standard InChI is InChI=1S/C23H24FN5O2/c1-16-25-26-27-29(16)21(15-17-7-9-20(24)10-8-17)23(31)28-13-11-19(12-14-28)22(30)18-5-3-2-4-6-18/h2-10,19,21H,11-15H2,1H3/t21-/m1/s1. The molecule has 0 bridgehead atoms. The van der Waals surface area contributed by atoms with Crippen molar-refractivity contribution in [2.45, 2.75) is 32.2 Å².